The number of nitrogens with zero attached hydrogens (tertiary/aromatic N) is 2. The zero-order valence-electron chi connectivity index (χ0n) is 19.2. The smallest absolute Gasteiger partial charge is 0.319 e. The van der Waals surface area contributed by atoms with Crippen LogP contribution in [0.1, 0.15) is 5.56 Å². The van der Waals surface area contributed by atoms with Gasteiger partial charge in [-0.25, -0.2) is 9.48 Å². The molecule has 1 aromatic heterocycles. The van der Waals surface area contributed by atoms with E-state index in [0.717, 1.165) is 22.5 Å². The van der Waals surface area contributed by atoms with Crippen molar-refractivity contribution in [3.8, 4) is 34.2 Å². The lowest BCUT2D eigenvalue weighted by Gasteiger charge is -2.13. The standard InChI is InChI=1S/C26H26N4O4/c1-32-23-15-19(16-24(33-2)25(23)34-3)22-13-14-30(29-22)21-11-9-20(10-12-21)28-26(31)27-17-18-7-5-4-6-8-18/h4-16H,17H2,1-3H3,(H2,27,28,31). The van der Waals surface area contributed by atoms with Crippen molar-refractivity contribution in [1.29, 1.82) is 0 Å². The molecule has 8 heteroatoms. The maximum absolute atomic E-state index is 12.2. The molecule has 0 aliphatic rings. The van der Waals surface area contributed by atoms with Crippen molar-refractivity contribution in [2.75, 3.05) is 26.6 Å². The predicted molar refractivity (Wildman–Crippen MR) is 131 cm³/mol. The first kappa shape index (κ1) is 22.7. The van der Waals surface area contributed by atoms with Gasteiger partial charge in [-0.15, -0.1) is 0 Å². The zero-order chi connectivity index (χ0) is 23.9. The largest absolute Gasteiger partial charge is 0.493 e. The van der Waals surface area contributed by atoms with Gasteiger partial charge in [-0.05, 0) is 48.0 Å². The second kappa shape index (κ2) is 10.4. The molecule has 34 heavy (non-hydrogen) atoms. The summed E-state index contributed by atoms with van der Waals surface area (Å²) < 4.78 is 18.0. The Kier molecular flexibility index (Phi) is 6.98. The molecule has 0 atom stereocenters. The Bertz CT molecular complexity index is 1230. The third-order valence-electron chi connectivity index (χ3n) is 5.24. The number of aromatic nitrogens is 2. The van der Waals surface area contributed by atoms with Gasteiger partial charge in [0.05, 0.1) is 32.7 Å². The Hall–Kier alpha value is -4.46. The summed E-state index contributed by atoms with van der Waals surface area (Å²) in [7, 11) is 4.73. The van der Waals surface area contributed by atoms with Gasteiger partial charge in [0.1, 0.15) is 0 Å². The van der Waals surface area contributed by atoms with E-state index in [2.05, 4.69) is 15.7 Å². The van der Waals surface area contributed by atoms with Crippen LogP contribution in [0.25, 0.3) is 16.9 Å². The van der Waals surface area contributed by atoms with Gasteiger partial charge >= 0.3 is 6.03 Å². The maximum atomic E-state index is 12.2. The molecule has 0 spiro atoms. The van der Waals surface area contributed by atoms with Crippen LogP contribution in [0.5, 0.6) is 17.2 Å². The molecule has 3 aromatic carbocycles. The number of urea groups is 1. The molecule has 0 fully saturated rings. The average Bonchev–Trinajstić information content (AvgIpc) is 3.38. The summed E-state index contributed by atoms with van der Waals surface area (Å²) in [5.74, 6) is 1.66. The Morgan fingerprint density at radius 3 is 2.18 bits per heavy atom. The van der Waals surface area contributed by atoms with Crippen LogP contribution in [0, 0.1) is 0 Å². The molecular weight excluding hydrogens is 432 g/mol. The zero-order valence-corrected chi connectivity index (χ0v) is 19.2. The molecule has 0 unspecified atom stereocenters. The lowest BCUT2D eigenvalue weighted by molar-refractivity contribution is 0.251. The van der Waals surface area contributed by atoms with Gasteiger partial charge in [0, 0.05) is 24.0 Å². The van der Waals surface area contributed by atoms with Crippen LogP contribution >= 0.6 is 0 Å². The normalized spacial score (nSPS) is 10.4. The molecule has 8 nitrogen and oxygen atoms in total. The highest BCUT2D eigenvalue weighted by atomic mass is 16.5. The van der Waals surface area contributed by atoms with Crippen LogP contribution < -0.4 is 24.8 Å². The first-order valence-electron chi connectivity index (χ1n) is 10.7. The Balaban J connectivity index is 1.44. The van der Waals surface area contributed by atoms with Crippen LogP contribution in [0.3, 0.4) is 0 Å². The number of hydrogen-bond acceptors (Lipinski definition) is 5. The molecule has 2 N–H and O–H groups in total. The molecule has 4 rings (SSSR count). The summed E-state index contributed by atoms with van der Waals surface area (Å²) in [6, 6.07) is 22.5. The van der Waals surface area contributed by atoms with Gasteiger partial charge in [-0.1, -0.05) is 30.3 Å². The molecule has 0 bridgehead atoms. The first-order chi connectivity index (χ1) is 16.6. The summed E-state index contributed by atoms with van der Waals surface area (Å²) in [5.41, 5.74) is 4.17. The minimum atomic E-state index is -0.264. The Morgan fingerprint density at radius 1 is 0.882 bits per heavy atom. The quantitative estimate of drug-likeness (QED) is 0.393. The van der Waals surface area contributed by atoms with Crippen molar-refractivity contribution in [2.24, 2.45) is 0 Å². The van der Waals surface area contributed by atoms with E-state index in [1.165, 1.54) is 0 Å². The van der Waals surface area contributed by atoms with Gasteiger partial charge in [0.15, 0.2) is 11.5 Å². The van der Waals surface area contributed by atoms with Gasteiger partial charge in [0.25, 0.3) is 0 Å². The predicted octanol–water partition coefficient (Wildman–Crippen LogP) is 4.89. The van der Waals surface area contributed by atoms with Gasteiger partial charge in [0.2, 0.25) is 5.75 Å². The number of ether oxygens (including phenoxy) is 3. The molecule has 0 aliphatic heterocycles. The number of carbonyl (C=O) groups excluding carboxylic acids is 1. The average molecular weight is 459 g/mol. The monoisotopic (exact) mass is 458 g/mol. The van der Waals surface area contributed by atoms with Gasteiger partial charge in [-0.2, -0.15) is 5.10 Å². The molecule has 0 aliphatic carbocycles. The molecule has 4 aromatic rings. The number of hydrogen-bond donors (Lipinski definition) is 2. The molecule has 1 heterocycles. The number of methoxy groups -OCH3 is 3. The van der Waals surface area contributed by atoms with Gasteiger partial charge in [-0.3, -0.25) is 0 Å². The number of benzene rings is 3. The van der Waals surface area contributed by atoms with Crippen LogP contribution in [-0.2, 0) is 6.54 Å². The third-order valence-corrected chi connectivity index (χ3v) is 5.24. The molecule has 2 amide bonds. The van der Waals surface area contributed by atoms with Crippen molar-refractivity contribution in [3.05, 3.63) is 84.6 Å². The Labute approximate surface area is 198 Å². The van der Waals surface area contributed by atoms with E-state index >= 15 is 0 Å². The lowest BCUT2D eigenvalue weighted by Crippen LogP contribution is -2.28. The van der Waals surface area contributed by atoms with E-state index in [4.69, 9.17) is 14.2 Å². The number of anilines is 1. The van der Waals surface area contributed by atoms with E-state index in [0.29, 0.717) is 29.5 Å². The fraction of sp³-hybridized carbons (Fsp3) is 0.154. The topological polar surface area (TPSA) is 86.6 Å². The third kappa shape index (κ3) is 5.12. The van der Waals surface area contributed by atoms with E-state index in [1.807, 2.05) is 79.0 Å². The van der Waals surface area contributed by atoms with Crippen LogP contribution in [0.2, 0.25) is 0 Å². The summed E-state index contributed by atoms with van der Waals surface area (Å²) in [4.78, 5) is 12.2. The molecule has 174 valence electrons. The van der Waals surface area contributed by atoms with Crippen molar-refractivity contribution >= 4 is 11.7 Å². The number of nitrogens with one attached hydrogen (secondary N) is 2. The first-order valence-corrected chi connectivity index (χ1v) is 10.7. The fourth-order valence-corrected chi connectivity index (χ4v) is 3.50. The van der Waals surface area contributed by atoms with Crippen molar-refractivity contribution < 1.29 is 19.0 Å². The van der Waals surface area contributed by atoms with E-state index in [1.54, 1.807) is 26.0 Å². The van der Waals surface area contributed by atoms with Crippen LogP contribution in [0.4, 0.5) is 10.5 Å². The minimum Gasteiger partial charge on any atom is -0.493 e. The SMILES string of the molecule is COc1cc(-c2ccn(-c3ccc(NC(=O)NCc4ccccc4)cc3)n2)cc(OC)c1OC. The highest BCUT2D eigenvalue weighted by Gasteiger charge is 2.15. The molecule has 0 saturated heterocycles. The minimum absolute atomic E-state index is 0.264. The van der Waals surface area contributed by atoms with Crippen LogP contribution in [-0.4, -0.2) is 37.1 Å². The maximum Gasteiger partial charge on any atom is 0.319 e. The number of rotatable bonds is 8. The van der Waals surface area contributed by atoms with Gasteiger partial charge < -0.3 is 24.8 Å². The van der Waals surface area contributed by atoms with E-state index < -0.39 is 0 Å². The Morgan fingerprint density at radius 2 is 1.56 bits per heavy atom. The van der Waals surface area contributed by atoms with E-state index in [-0.39, 0.29) is 6.03 Å². The molecule has 0 radical (unpaired) electrons. The summed E-state index contributed by atoms with van der Waals surface area (Å²) in [5, 5.41) is 10.4. The van der Waals surface area contributed by atoms with Crippen molar-refractivity contribution in [1.82, 2.24) is 15.1 Å². The number of amides is 2. The summed E-state index contributed by atoms with van der Waals surface area (Å²) in [6.07, 6.45) is 1.87. The summed E-state index contributed by atoms with van der Waals surface area (Å²) in [6.45, 7) is 0.460. The van der Waals surface area contributed by atoms with Crippen molar-refractivity contribution in [2.45, 2.75) is 6.54 Å². The second-order valence-corrected chi connectivity index (χ2v) is 7.40. The number of carbonyl (C=O) groups is 1. The molecular formula is C26H26N4O4. The van der Waals surface area contributed by atoms with Crippen LogP contribution in [0.15, 0.2) is 79.0 Å². The molecule has 0 saturated carbocycles. The summed E-state index contributed by atoms with van der Waals surface area (Å²) >= 11 is 0. The lowest BCUT2D eigenvalue weighted by atomic mass is 10.1. The van der Waals surface area contributed by atoms with Crippen molar-refractivity contribution in [3.63, 3.8) is 0 Å². The fourth-order valence-electron chi connectivity index (χ4n) is 3.50. The van der Waals surface area contributed by atoms with E-state index in [9.17, 15) is 4.79 Å². The highest BCUT2D eigenvalue weighted by molar-refractivity contribution is 5.89. The second-order valence-electron chi connectivity index (χ2n) is 7.40. The highest BCUT2D eigenvalue weighted by Crippen LogP contribution is 2.40.